The van der Waals surface area contributed by atoms with Crippen molar-refractivity contribution in [3.8, 4) is 0 Å². The lowest BCUT2D eigenvalue weighted by molar-refractivity contribution is 0.0362. The Morgan fingerprint density at radius 1 is 1.45 bits per heavy atom. The van der Waals surface area contributed by atoms with Crippen LogP contribution in [-0.2, 0) is 11.2 Å². The molecule has 5 nitrogen and oxygen atoms in total. The Balaban J connectivity index is 2.18. The van der Waals surface area contributed by atoms with Gasteiger partial charge in [-0.25, -0.2) is 4.98 Å². The van der Waals surface area contributed by atoms with Crippen molar-refractivity contribution < 1.29 is 9.53 Å². The van der Waals surface area contributed by atoms with Crippen molar-refractivity contribution in [3.63, 3.8) is 0 Å². The van der Waals surface area contributed by atoms with Crippen LogP contribution in [0.5, 0.6) is 0 Å². The third-order valence-corrected chi connectivity index (χ3v) is 3.80. The van der Waals surface area contributed by atoms with Crippen LogP contribution < -0.4 is 5.32 Å². The molecule has 0 spiro atoms. The summed E-state index contributed by atoms with van der Waals surface area (Å²) in [6, 6.07) is 3.98. The Labute approximate surface area is 120 Å². The number of ether oxygens (including phenoxy) is 1. The molecule has 0 saturated carbocycles. The van der Waals surface area contributed by atoms with Gasteiger partial charge in [-0.3, -0.25) is 4.79 Å². The zero-order chi connectivity index (χ0) is 14.5. The predicted molar refractivity (Wildman–Crippen MR) is 79.1 cm³/mol. The van der Waals surface area contributed by atoms with E-state index in [1.165, 1.54) is 0 Å². The summed E-state index contributed by atoms with van der Waals surface area (Å²) < 4.78 is 5.35. The van der Waals surface area contributed by atoms with E-state index in [9.17, 15) is 4.79 Å². The Morgan fingerprint density at radius 2 is 2.15 bits per heavy atom. The van der Waals surface area contributed by atoms with Crippen LogP contribution in [0.3, 0.4) is 0 Å². The van der Waals surface area contributed by atoms with Gasteiger partial charge in [0.1, 0.15) is 5.82 Å². The summed E-state index contributed by atoms with van der Waals surface area (Å²) in [6.07, 6.45) is 2.64. The number of aryl methyl sites for hydroxylation is 1. The third kappa shape index (κ3) is 3.28. The van der Waals surface area contributed by atoms with Crippen LogP contribution in [0.25, 0.3) is 0 Å². The molecule has 0 aromatic carbocycles. The van der Waals surface area contributed by atoms with Gasteiger partial charge in [-0.2, -0.15) is 0 Å². The number of rotatable bonds is 4. The van der Waals surface area contributed by atoms with Gasteiger partial charge >= 0.3 is 0 Å². The van der Waals surface area contributed by atoms with Gasteiger partial charge in [0.05, 0.1) is 0 Å². The maximum atomic E-state index is 12.6. The summed E-state index contributed by atoms with van der Waals surface area (Å²) in [6.45, 7) is 3.51. The average molecular weight is 277 g/mol. The van der Waals surface area contributed by atoms with Crippen molar-refractivity contribution in [2.75, 3.05) is 32.6 Å². The molecular weight excluding hydrogens is 254 g/mol. The SMILES string of the molecule is CCc1cc(C(=O)N(C)C2CCOCC2)cc(NC)n1. The molecule has 0 radical (unpaired) electrons. The molecule has 1 aliphatic heterocycles. The highest BCUT2D eigenvalue weighted by atomic mass is 16.5. The summed E-state index contributed by atoms with van der Waals surface area (Å²) in [7, 11) is 3.70. The van der Waals surface area contributed by atoms with E-state index in [0.29, 0.717) is 5.56 Å². The van der Waals surface area contributed by atoms with Crippen LogP contribution in [0.2, 0.25) is 0 Å². The first kappa shape index (κ1) is 14.8. The monoisotopic (exact) mass is 277 g/mol. The number of nitrogens with one attached hydrogen (secondary N) is 1. The van der Waals surface area contributed by atoms with E-state index in [2.05, 4.69) is 10.3 Å². The number of hydrogen-bond acceptors (Lipinski definition) is 4. The predicted octanol–water partition coefficient (Wildman–Crippen LogP) is 1.94. The highest BCUT2D eigenvalue weighted by molar-refractivity contribution is 5.95. The molecule has 0 bridgehead atoms. The fourth-order valence-corrected chi connectivity index (χ4v) is 2.46. The third-order valence-electron chi connectivity index (χ3n) is 3.80. The number of pyridine rings is 1. The molecule has 0 unspecified atom stereocenters. The highest BCUT2D eigenvalue weighted by Gasteiger charge is 2.23. The van der Waals surface area contributed by atoms with E-state index in [0.717, 1.165) is 44.0 Å². The second-order valence-electron chi connectivity index (χ2n) is 5.10. The molecule has 5 heteroatoms. The molecular formula is C15H23N3O2. The van der Waals surface area contributed by atoms with Crippen LogP contribution in [-0.4, -0.2) is 49.1 Å². The smallest absolute Gasteiger partial charge is 0.254 e. The maximum absolute atomic E-state index is 12.6. The second-order valence-corrected chi connectivity index (χ2v) is 5.10. The molecule has 0 aliphatic carbocycles. The number of carbonyl (C=O) groups excluding carboxylic acids is 1. The number of amides is 1. The molecule has 1 amide bonds. The number of nitrogens with zero attached hydrogens (tertiary/aromatic N) is 2. The van der Waals surface area contributed by atoms with Crippen molar-refractivity contribution in [2.45, 2.75) is 32.2 Å². The molecule has 2 heterocycles. The van der Waals surface area contributed by atoms with Gasteiger partial charge in [-0.15, -0.1) is 0 Å². The fourth-order valence-electron chi connectivity index (χ4n) is 2.46. The van der Waals surface area contributed by atoms with E-state index in [1.54, 1.807) is 0 Å². The largest absolute Gasteiger partial charge is 0.381 e. The Kier molecular flexibility index (Phi) is 4.95. The normalized spacial score (nSPS) is 15.9. The lowest BCUT2D eigenvalue weighted by atomic mass is 10.1. The van der Waals surface area contributed by atoms with Gasteiger partial charge < -0.3 is 15.0 Å². The van der Waals surface area contributed by atoms with Crippen LogP contribution in [0.15, 0.2) is 12.1 Å². The summed E-state index contributed by atoms with van der Waals surface area (Å²) >= 11 is 0. The minimum Gasteiger partial charge on any atom is -0.381 e. The first-order chi connectivity index (χ1) is 9.65. The maximum Gasteiger partial charge on any atom is 0.254 e. The van der Waals surface area contributed by atoms with Gasteiger partial charge in [0.15, 0.2) is 0 Å². The van der Waals surface area contributed by atoms with Crippen molar-refractivity contribution in [1.29, 1.82) is 0 Å². The topological polar surface area (TPSA) is 54.5 Å². The van der Waals surface area contributed by atoms with Crippen molar-refractivity contribution in [1.82, 2.24) is 9.88 Å². The first-order valence-electron chi connectivity index (χ1n) is 7.19. The second kappa shape index (κ2) is 6.70. The highest BCUT2D eigenvalue weighted by Crippen LogP contribution is 2.18. The Morgan fingerprint density at radius 3 is 2.75 bits per heavy atom. The minimum absolute atomic E-state index is 0.0606. The van der Waals surface area contributed by atoms with Gasteiger partial charge in [0.2, 0.25) is 0 Å². The van der Waals surface area contributed by atoms with Crippen LogP contribution in [0.1, 0.15) is 35.8 Å². The van der Waals surface area contributed by atoms with Crippen molar-refractivity contribution in [2.24, 2.45) is 0 Å². The Hall–Kier alpha value is -1.62. The van der Waals surface area contributed by atoms with Crippen LogP contribution >= 0.6 is 0 Å². The number of anilines is 1. The molecule has 1 aromatic rings. The Bertz CT molecular complexity index is 448. The van der Waals surface area contributed by atoms with E-state index in [1.807, 2.05) is 38.1 Å². The zero-order valence-corrected chi connectivity index (χ0v) is 12.5. The summed E-state index contributed by atoms with van der Waals surface area (Å²) in [5.74, 6) is 0.804. The molecule has 1 N–H and O–H groups in total. The summed E-state index contributed by atoms with van der Waals surface area (Å²) in [5, 5.41) is 3.01. The van der Waals surface area contributed by atoms with Crippen LogP contribution in [0.4, 0.5) is 5.82 Å². The van der Waals surface area contributed by atoms with Gasteiger partial charge in [0.25, 0.3) is 5.91 Å². The molecule has 1 aliphatic rings. The van der Waals surface area contributed by atoms with Gasteiger partial charge in [-0.05, 0) is 31.4 Å². The van der Waals surface area contributed by atoms with Crippen molar-refractivity contribution >= 4 is 11.7 Å². The van der Waals surface area contributed by atoms with E-state index in [-0.39, 0.29) is 11.9 Å². The zero-order valence-electron chi connectivity index (χ0n) is 12.5. The molecule has 20 heavy (non-hydrogen) atoms. The number of hydrogen-bond donors (Lipinski definition) is 1. The summed E-state index contributed by atoms with van der Waals surface area (Å²) in [5.41, 5.74) is 1.63. The van der Waals surface area contributed by atoms with Crippen molar-refractivity contribution in [3.05, 3.63) is 23.4 Å². The molecule has 1 aromatic heterocycles. The number of aromatic nitrogens is 1. The average Bonchev–Trinajstić information content (AvgIpc) is 2.53. The lowest BCUT2D eigenvalue weighted by Gasteiger charge is -2.31. The molecule has 2 rings (SSSR count). The van der Waals surface area contributed by atoms with E-state index < -0.39 is 0 Å². The molecule has 0 atom stereocenters. The molecule has 1 saturated heterocycles. The lowest BCUT2D eigenvalue weighted by Crippen LogP contribution is -2.40. The van der Waals surface area contributed by atoms with E-state index >= 15 is 0 Å². The standard InChI is InChI=1S/C15H23N3O2/c1-4-12-9-11(10-14(16-2)17-12)15(19)18(3)13-5-7-20-8-6-13/h9-10,13H,4-8H2,1-3H3,(H,16,17). The summed E-state index contributed by atoms with van der Waals surface area (Å²) in [4.78, 5) is 18.9. The van der Waals surface area contributed by atoms with Gasteiger partial charge in [-0.1, -0.05) is 6.92 Å². The number of carbonyl (C=O) groups is 1. The quantitative estimate of drug-likeness (QED) is 0.914. The fraction of sp³-hybridized carbons (Fsp3) is 0.600. The van der Waals surface area contributed by atoms with Gasteiger partial charge in [0, 0.05) is 44.6 Å². The molecule has 110 valence electrons. The van der Waals surface area contributed by atoms with Crippen LogP contribution in [0, 0.1) is 0 Å². The first-order valence-corrected chi connectivity index (χ1v) is 7.19. The molecule has 1 fully saturated rings. The van der Waals surface area contributed by atoms with E-state index in [4.69, 9.17) is 4.74 Å². The minimum atomic E-state index is 0.0606.